The van der Waals surface area contributed by atoms with Gasteiger partial charge in [-0.3, -0.25) is 9.79 Å². The van der Waals surface area contributed by atoms with Crippen LogP contribution in [0.2, 0.25) is 0 Å². The van der Waals surface area contributed by atoms with Crippen molar-refractivity contribution in [3.63, 3.8) is 0 Å². The molecule has 0 spiro atoms. The van der Waals surface area contributed by atoms with Crippen LogP contribution in [-0.2, 0) is 24.3 Å². The number of nitrogens with one attached hydrogen (secondary N) is 1. The van der Waals surface area contributed by atoms with Crippen LogP contribution in [0.3, 0.4) is 0 Å². The Morgan fingerprint density at radius 2 is 2.22 bits per heavy atom. The summed E-state index contributed by atoms with van der Waals surface area (Å²) in [7, 11) is 3.54. The van der Waals surface area contributed by atoms with Gasteiger partial charge in [-0.25, -0.2) is 4.39 Å². The molecule has 8 heteroatoms. The molecule has 0 fully saturated rings. The van der Waals surface area contributed by atoms with E-state index in [9.17, 15) is 9.18 Å². The van der Waals surface area contributed by atoms with Crippen molar-refractivity contribution in [2.24, 2.45) is 4.99 Å². The van der Waals surface area contributed by atoms with E-state index in [1.165, 1.54) is 22.6 Å². The normalized spacial score (nSPS) is 13.6. The van der Waals surface area contributed by atoms with Gasteiger partial charge in [0.05, 0.1) is 6.54 Å². The maximum absolute atomic E-state index is 13.3. The van der Waals surface area contributed by atoms with Crippen molar-refractivity contribution in [2.75, 3.05) is 27.2 Å². The maximum atomic E-state index is 13.3. The molecule has 0 saturated heterocycles. The summed E-state index contributed by atoms with van der Waals surface area (Å²) in [5.74, 6) is 0.407. The number of hydrogen-bond acceptors (Lipinski definition) is 3. The summed E-state index contributed by atoms with van der Waals surface area (Å²) in [6.45, 7) is 2.13. The molecule has 0 bridgehead atoms. The predicted octanol–water partition coefficient (Wildman–Crippen LogP) is 3.10. The smallest absolute Gasteiger partial charge is 0.242 e. The van der Waals surface area contributed by atoms with Crippen LogP contribution < -0.4 is 5.32 Å². The number of halogens is 2. The lowest BCUT2D eigenvalue weighted by Gasteiger charge is -2.28. The zero-order chi connectivity index (χ0) is 18.5. The molecule has 1 aliphatic heterocycles. The zero-order valence-electron chi connectivity index (χ0n) is 15.4. The summed E-state index contributed by atoms with van der Waals surface area (Å²) in [5, 5.41) is 5.20. The number of aliphatic imine (C=N–C) groups is 1. The number of nitrogens with zero attached hydrogens (tertiary/aromatic N) is 3. The lowest BCUT2D eigenvalue weighted by molar-refractivity contribution is -0.130. The Bertz CT molecular complexity index is 811. The molecule has 2 heterocycles. The molecule has 146 valence electrons. The molecule has 1 N–H and O–H groups in total. The average Bonchev–Trinajstić information content (AvgIpc) is 3.09. The molecule has 3 rings (SSSR count). The second-order valence-corrected chi connectivity index (χ2v) is 7.32. The first-order valence-corrected chi connectivity index (χ1v) is 9.44. The maximum Gasteiger partial charge on any atom is 0.242 e. The van der Waals surface area contributed by atoms with Gasteiger partial charge in [0, 0.05) is 38.6 Å². The molecule has 0 unspecified atom stereocenters. The third-order valence-corrected chi connectivity index (χ3v) is 5.46. The second kappa shape index (κ2) is 10.0. The van der Waals surface area contributed by atoms with Gasteiger partial charge in [0.25, 0.3) is 0 Å². The molecular formula is C19H24FIN4OS. The Labute approximate surface area is 180 Å². The number of hydrogen-bond donors (Lipinski definition) is 1. The van der Waals surface area contributed by atoms with Gasteiger partial charge in [0.2, 0.25) is 5.91 Å². The van der Waals surface area contributed by atoms with Gasteiger partial charge < -0.3 is 15.1 Å². The third-order valence-electron chi connectivity index (χ3n) is 4.44. The number of thiophene rings is 1. The molecule has 1 aromatic heterocycles. The van der Waals surface area contributed by atoms with Gasteiger partial charge in [-0.15, -0.1) is 35.3 Å². The summed E-state index contributed by atoms with van der Waals surface area (Å²) in [6, 6.07) is 8.57. The number of benzene rings is 1. The van der Waals surface area contributed by atoms with Crippen LogP contribution in [0.1, 0.15) is 16.0 Å². The number of rotatable bonds is 4. The molecule has 1 aromatic carbocycles. The molecule has 0 aliphatic carbocycles. The minimum atomic E-state index is -0.257. The van der Waals surface area contributed by atoms with E-state index in [1.807, 2.05) is 22.9 Å². The first kappa shape index (κ1) is 21.6. The van der Waals surface area contributed by atoms with E-state index in [4.69, 9.17) is 0 Å². The number of carbonyl (C=O) groups excluding carboxylic acids is 1. The minimum Gasteiger partial charge on any atom is -0.347 e. The third kappa shape index (κ3) is 5.65. The molecule has 0 atom stereocenters. The summed E-state index contributed by atoms with van der Waals surface area (Å²) in [6.07, 6.45) is 0.924. The monoisotopic (exact) mass is 502 g/mol. The number of carbonyl (C=O) groups is 1. The van der Waals surface area contributed by atoms with Gasteiger partial charge in [-0.1, -0.05) is 12.1 Å². The molecule has 27 heavy (non-hydrogen) atoms. The summed E-state index contributed by atoms with van der Waals surface area (Å²) in [5.41, 5.74) is 2.10. The highest BCUT2D eigenvalue weighted by Gasteiger charge is 2.21. The van der Waals surface area contributed by atoms with Gasteiger partial charge in [0.15, 0.2) is 5.96 Å². The zero-order valence-corrected chi connectivity index (χ0v) is 18.6. The van der Waals surface area contributed by atoms with Crippen molar-refractivity contribution in [1.82, 2.24) is 15.1 Å². The van der Waals surface area contributed by atoms with E-state index in [1.54, 1.807) is 24.5 Å². The highest BCUT2D eigenvalue weighted by molar-refractivity contribution is 14.0. The van der Waals surface area contributed by atoms with Crippen molar-refractivity contribution in [1.29, 1.82) is 0 Å². The summed E-state index contributed by atoms with van der Waals surface area (Å²) >= 11 is 1.76. The van der Waals surface area contributed by atoms with E-state index in [0.29, 0.717) is 19.0 Å². The minimum absolute atomic E-state index is 0. The van der Waals surface area contributed by atoms with Crippen LogP contribution in [0.4, 0.5) is 4.39 Å². The number of guanidine groups is 1. The van der Waals surface area contributed by atoms with Crippen LogP contribution >= 0.6 is 35.3 Å². The highest BCUT2D eigenvalue weighted by Crippen LogP contribution is 2.23. The average molecular weight is 502 g/mol. The van der Waals surface area contributed by atoms with Gasteiger partial charge >= 0.3 is 0 Å². The fourth-order valence-corrected chi connectivity index (χ4v) is 3.99. The standard InChI is InChI=1S/C19H23FN4OS.HI/c1-21-19(23(2)12-14-4-3-5-16(20)10-14)22-11-18(25)24-8-6-17-15(13-24)7-9-26-17;/h3-5,7,9-10H,6,8,11-13H2,1-2H3,(H,21,22);1H. The van der Waals surface area contributed by atoms with Gasteiger partial charge in [0.1, 0.15) is 5.82 Å². The van der Waals surface area contributed by atoms with Crippen LogP contribution in [0.15, 0.2) is 40.7 Å². The van der Waals surface area contributed by atoms with E-state index < -0.39 is 0 Å². The van der Waals surface area contributed by atoms with Gasteiger partial charge in [-0.2, -0.15) is 0 Å². The first-order chi connectivity index (χ1) is 12.6. The highest BCUT2D eigenvalue weighted by atomic mass is 127. The molecule has 2 aromatic rings. The first-order valence-electron chi connectivity index (χ1n) is 8.56. The van der Waals surface area contributed by atoms with Crippen molar-refractivity contribution in [3.05, 3.63) is 57.5 Å². The van der Waals surface area contributed by atoms with E-state index >= 15 is 0 Å². The van der Waals surface area contributed by atoms with E-state index in [0.717, 1.165) is 18.5 Å². The second-order valence-electron chi connectivity index (χ2n) is 6.32. The fraction of sp³-hybridized carbons (Fsp3) is 0.368. The summed E-state index contributed by atoms with van der Waals surface area (Å²) in [4.78, 5) is 21.9. The van der Waals surface area contributed by atoms with Crippen molar-refractivity contribution >= 4 is 47.2 Å². The van der Waals surface area contributed by atoms with Crippen LogP contribution in [-0.4, -0.2) is 48.9 Å². The largest absolute Gasteiger partial charge is 0.347 e. The fourth-order valence-electron chi connectivity index (χ4n) is 3.10. The SMILES string of the molecule is CN=C(NCC(=O)N1CCc2sccc2C1)N(C)Cc1cccc(F)c1.I. The van der Waals surface area contributed by atoms with E-state index in [2.05, 4.69) is 21.8 Å². The Morgan fingerprint density at radius 3 is 2.96 bits per heavy atom. The van der Waals surface area contributed by atoms with Gasteiger partial charge in [-0.05, 0) is 41.1 Å². The van der Waals surface area contributed by atoms with Crippen LogP contribution in [0.5, 0.6) is 0 Å². The Balaban J connectivity index is 0.00000261. The van der Waals surface area contributed by atoms with E-state index in [-0.39, 0.29) is 42.2 Å². The van der Waals surface area contributed by atoms with Crippen molar-refractivity contribution in [2.45, 2.75) is 19.5 Å². The molecular weight excluding hydrogens is 478 g/mol. The van der Waals surface area contributed by atoms with Crippen LogP contribution in [0.25, 0.3) is 0 Å². The molecule has 0 radical (unpaired) electrons. The number of fused-ring (bicyclic) bond motifs is 1. The predicted molar refractivity (Wildman–Crippen MR) is 118 cm³/mol. The Kier molecular flexibility index (Phi) is 8.03. The molecule has 5 nitrogen and oxygen atoms in total. The van der Waals surface area contributed by atoms with Crippen LogP contribution in [0, 0.1) is 5.82 Å². The molecule has 0 saturated carbocycles. The summed E-state index contributed by atoms with van der Waals surface area (Å²) < 4.78 is 13.3. The molecule has 1 amide bonds. The van der Waals surface area contributed by atoms with Crippen molar-refractivity contribution in [3.8, 4) is 0 Å². The van der Waals surface area contributed by atoms with Crippen molar-refractivity contribution < 1.29 is 9.18 Å². The lowest BCUT2D eigenvalue weighted by Crippen LogP contribution is -2.46. The topological polar surface area (TPSA) is 47.9 Å². The Morgan fingerprint density at radius 1 is 1.41 bits per heavy atom. The number of amides is 1. The lowest BCUT2D eigenvalue weighted by atomic mass is 10.1. The Hall–Kier alpha value is -1.68. The quantitative estimate of drug-likeness (QED) is 0.397. The molecule has 1 aliphatic rings.